The summed E-state index contributed by atoms with van der Waals surface area (Å²) in [4.78, 5) is 29.8. The second-order valence-corrected chi connectivity index (χ2v) is 6.63. The van der Waals surface area contributed by atoms with Crippen LogP contribution < -0.4 is 17.0 Å². The van der Waals surface area contributed by atoms with Crippen LogP contribution in [0.1, 0.15) is 39.3 Å². The van der Waals surface area contributed by atoms with Crippen molar-refractivity contribution in [3.05, 3.63) is 22.1 Å². The Morgan fingerprint density at radius 2 is 2.25 bits per heavy atom. The van der Waals surface area contributed by atoms with Gasteiger partial charge in [0.05, 0.1) is 5.54 Å². The van der Waals surface area contributed by atoms with Gasteiger partial charge in [-0.3, -0.25) is 9.59 Å². The van der Waals surface area contributed by atoms with Crippen LogP contribution in [0.15, 0.2) is 16.0 Å². The number of hydrogen-bond donors (Lipinski definition) is 3. The number of aromatic nitrogens is 2. The summed E-state index contributed by atoms with van der Waals surface area (Å²) in [5.41, 5.74) is 10.6. The quantitative estimate of drug-likeness (QED) is 0.508. The molecule has 0 radical (unpaired) electrons. The van der Waals surface area contributed by atoms with Crippen LogP contribution in [0.5, 0.6) is 0 Å². The van der Waals surface area contributed by atoms with Crippen LogP contribution in [0, 0.1) is 0 Å². The van der Waals surface area contributed by atoms with Crippen molar-refractivity contribution in [2.24, 2.45) is 11.5 Å². The minimum Gasteiger partial charge on any atom is -0.368 e. The SMILES string of the molecule is CCCc1cc(=O)[nH]c(SC(C)CC(C)(N)C(N)=O)n1. The molecule has 0 bridgehead atoms. The van der Waals surface area contributed by atoms with Crippen LogP contribution in [0.25, 0.3) is 0 Å². The Morgan fingerprint density at radius 3 is 2.80 bits per heavy atom. The van der Waals surface area contributed by atoms with E-state index in [4.69, 9.17) is 11.5 Å². The summed E-state index contributed by atoms with van der Waals surface area (Å²) >= 11 is 1.39. The molecule has 0 spiro atoms. The lowest BCUT2D eigenvalue weighted by molar-refractivity contribution is -0.122. The summed E-state index contributed by atoms with van der Waals surface area (Å²) in [6.45, 7) is 5.56. The molecule has 6 nitrogen and oxygen atoms in total. The summed E-state index contributed by atoms with van der Waals surface area (Å²) in [6, 6.07) is 1.51. The van der Waals surface area contributed by atoms with Crippen molar-refractivity contribution in [1.82, 2.24) is 9.97 Å². The molecule has 0 saturated heterocycles. The van der Waals surface area contributed by atoms with E-state index in [-0.39, 0.29) is 10.8 Å². The van der Waals surface area contributed by atoms with Gasteiger partial charge >= 0.3 is 0 Å². The van der Waals surface area contributed by atoms with E-state index < -0.39 is 11.4 Å². The summed E-state index contributed by atoms with van der Waals surface area (Å²) in [7, 11) is 0. The molecular formula is C13H22N4O2S. The highest BCUT2D eigenvalue weighted by Crippen LogP contribution is 2.24. The molecule has 2 unspecified atom stereocenters. The molecule has 0 aliphatic rings. The molecule has 1 aromatic heterocycles. The van der Waals surface area contributed by atoms with E-state index in [0.717, 1.165) is 18.5 Å². The van der Waals surface area contributed by atoms with Gasteiger partial charge < -0.3 is 16.5 Å². The van der Waals surface area contributed by atoms with Gasteiger partial charge in [0.15, 0.2) is 5.16 Å². The predicted molar refractivity (Wildman–Crippen MR) is 80.6 cm³/mol. The molecule has 20 heavy (non-hydrogen) atoms. The highest BCUT2D eigenvalue weighted by atomic mass is 32.2. The number of rotatable bonds is 7. The number of amides is 1. The molecule has 0 fully saturated rings. The van der Waals surface area contributed by atoms with Crippen LogP contribution in [0.3, 0.4) is 0 Å². The molecule has 1 rings (SSSR count). The first-order valence-corrected chi connectivity index (χ1v) is 7.48. The Kier molecular flexibility index (Phi) is 5.76. The lowest BCUT2D eigenvalue weighted by Gasteiger charge is -2.23. The minimum atomic E-state index is -1.06. The largest absolute Gasteiger partial charge is 0.368 e. The van der Waals surface area contributed by atoms with Crippen molar-refractivity contribution in [3.63, 3.8) is 0 Å². The van der Waals surface area contributed by atoms with E-state index in [1.165, 1.54) is 17.8 Å². The van der Waals surface area contributed by atoms with Crippen LogP contribution >= 0.6 is 11.8 Å². The molecule has 7 heteroatoms. The van der Waals surface area contributed by atoms with Crippen LogP contribution in [0.4, 0.5) is 0 Å². The van der Waals surface area contributed by atoms with Gasteiger partial charge in [0.2, 0.25) is 5.91 Å². The van der Waals surface area contributed by atoms with E-state index in [2.05, 4.69) is 9.97 Å². The van der Waals surface area contributed by atoms with Crippen molar-refractivity contribution in [2.45, 2.75) is 56.0 Å². The smallest absolute Gasteiger partial charge is 0.251 e. The minimum absolute atomic E-state index is 0.0116. The number of aryl methyl sites for hydroxylation is 1. The van der Waals surface area contributed by atoms with Crippen LogP contribution in [-0.4, -0.2) is 26.7 Å². The van der Waals surface area contributed by atoms with Crippen LogP contribution in [0.2, 0.25) is 0 Å². The van der Waals surface area contributed by atoms with Gasteiger partial charge in [-0.25, -0.2) is 4.98 Å². The van der Waals surface area contributed by atoms with E-state index in [0.29, 0.717) is 11.6 Å². The standard InChI is InChI=1S/C13H22N4O2S/c1-4-5-9-6-10(18)17-12(16-9)20-8(2)7-13(3,15)11(14)19/h6,8H,4-5,7,15H2,1-3H3,(H2,14,19)(H,16,17,18). The Morgan fingerprint density at radius 1 is 1.60 bits per heavy atom. The second kappa shape index (κ2) is 6.90. The summed E-state index contributed by atoms with van der Waals surface area (Å²) < 4.78 is 0. The van der Waals surface area contributed by atoms with Gasteiger partial charge in [0, 0.05) is 17.0 Å². The van der Waals surface area contributed by atoms with E-state index in [1.807, 2.05) is 13.8 Å². The van der Waals surface area contributed by atoms with Crippen molar-refractivity contribution >= 4 is 17.7 Å². The summed E-state index contributed by atoms with van der Waals surface area (Å²) in [6.07, 6.45) is 2.11. The first kappa shape index (κ1) is 16.7. The average Bonchev–Trinajstić information content (AvgIpc) is 2.26. The molecule has 0 aromatic carbocycles. The Hall–Kier alpha value is -1.34. The Bertz CT molecular complexity index is 527. The average molecular weight is 298 g/mol. The monoisotopic (exact) mass is 298 g/mol. The zero-order valence-corrected chi connectivity index (χ0v) is 12.9. The maximum absolute atomic E-state index is 11.6. The first-order valence-electron chi connectivity index (χ1n) is 6.60. The number of nitrogens with one attached hydrogen (secondary N) is 1. The number of hydrogen-bond acceptors (Lipinski definition) is 5. The lowest BCUT2D eigenvalue weighted by atomic mass is 9.97. The zero-order valence-electron chi connectivity index (χ0n) is 12.1. The Labute approximate surface area is 122 Å². The van der Waals surface area contributed by atoms with Gasteiger partial charge in [0.1, 0.15) is 0 Å². The zero-order chi connectivity index (χ0) is 15.3. The number of primary amides is 1. The fourth-order valence-electron chi connectivity index (χ4n) is 1.85. The number of H-pyrrole nitrogens is 1. The number of nitrogens with two attached hydrogens (primary N) is 2. The van der Waals surface area contributed by atoms with Crippen molar-refractivity contribution in [3.8, 4) is 0 Å². The summed E-state index contributed by atoms with van der Waals surface area (Å²) in [5, 5.41) is 0.561. The van der Waals surface area contributed by atoms with Crippen molar-refractivity contribution in [1.29, 1.82) is 0 Å². The van der Waals surface area contributed by atoms with E-state index in [1.54, 1.807) is 6.92 Å². The van der Waals surface area contributed by atoms with Gasteiger partial charge in [-0.05, 0) is 19.8 Å². The third kappa shape index (κ3) is 4.97. The normalized spacial score (nSPS) is 15.6. The fraction of sp³-hybridized carbons (Fsp3) is 0.615. The molecule has 112 valence electrons. The molecule has 0 aliphatic heterocycles. The Balaban J connectivity index is 2.78. The van der Waals surface area contributed by atoms with Gasteiger partial charge in [-0.15, -0.1) is 0 Å². The predicted octanol–water partition coefficient (Wildman–Crippen LogP) is 0.796. The highest BCUT2D eigenvalue weighted by Gasteiger charge is 2.28. The molecule has 5 N–H and O–H groups in total. The summed E-state index contributed by atoms with van der Waals surface area (Å²) in [5.74, 6) is -0.536. The van der Waals surface area contributed by atoms with E-state index >= 15 is 0 Å². The topological polar surface area (TPSA) is 115 Å². The fourth-order valence-corrected chi connectivity index (χ4v) is 2.99. The lowest BCUT2D eigenvalue weighted by Crippen LogP contribution is -2.50. The third-order valence-electron chi connectivity index (χ3n) is 2.87. The second-order valence-electron chi connectivity index (χ2n) is 5.21. The van der Waals surface area contributed by atoms with Gasteiger partial charge in [-0.1, -0.05) is 32.0 Å². The van der Waals surface area contributed by atoms with Crippen LogP contribution in [-0.2, 0) is 11.2 Å². The van der Waals surface area contributed by atoms with Gasteiger partial charge in [-0.2, -0.15) is 0 Å². The molecule has 1 amide bonds. The molecule has 1 heterocycles. The molecule has 0 saturated carbocycles. The van der Waals surface area contributed by atoms with Gasteiger partial charge in [0.25, 0.3) is 5.56 Å². The first-order chi connectivity index (χ1) is 9.24. The molecule has 0 aliphatic carbocycles. The van der Waals surface area contributed by atoms with E-state index in [9.17, 15) is 9.59 Å². The maximum Gasteiger partial charge on any atom is 0.251 e. The number of thioether (sulfide) groups is 1. The molecule has 2 atom stereocenters. The molecular weight excluding hydrogens is 276 g/mol. The molecule has 1 aromatic rings. The number of carbonyl (C=O) groups excluding carboxylic acids is 1. The number of carbonyl (C=O) groups is 1. The maximum atomic E-state index is 11.6. The number of aromatic amines is 1. The highest BCUT2D eigenvalue weighted by molar-refractivity contribution is 7.99. The van der Waals surface area contributed by atoms with Crippen molar-refractivity contribution in [2.75, 3.05) is 0 Å². The number of nitrogens with zero attached hydrogens (tertiary/aromatic N) is 1. The van der Waals surface area contributed by atoms with Crippen molar-refractivity contribution < 1.29 is 4.79 Å². The third-order valence-corrected chi connectivity index (χ3v) is 3.85.